The Bertz CT molecular complexity index is 417. The Morgan fingerprint density at radius 3 is 3.17 bits per heavy atom. The molecule has 1 atom stereocenters. The van der Waals surface area contributed by atoms with E-state index in [0.29, 0.717) is 0 Å². The fourth-order valence-electron chi connectivity index (χ4n) is 2.22. The molecule has 1 aromatic rings. The number of carbonyl (C=O) groups is 1. The summed E-state index contributed by atoms with van der Waals surface area (Å²) in [6.07, 6.45) is 9.73. The SMILES string of the molecule is O=C(/C=C/c1cccnc1)N1CCCCC1CO. The van der Waals surface area contributed by atoms with Gasteiger partial charge in [0.05, 0.1) is 12.6 Å². The van der Waals surface area contributed by atoms with Crippen molar-refractivity contribution >= 4 is 12.0 Å². The van der Waals surface area contributed by atoms with E-state index in [1.807, 2.05) is 12.1 Å². The predicted octanol–water partition coefficient (Wildman–Crippen LogP) is 1.47. The number of piperidine rings is 1. The number of hydrogen-bond acceptors (Lipinski definition) is 3. The summed E-state index contributed by atoms with van der Waals surface area (Å²) in [5.74, 6) is -0.0300. The zero-order chi connectivity index (χ0) is 12.8. The molecule has 0 aromatic carbocycles. The summed E-state index contributed by atoms with van der Waals surface area (Å²) in [5.41, 5.74) is 0.906. The van der Waals surface area contributed by atoms with Gasteiger partial charge in [0.15, 0.2) is 0 Å². The highest BCUT2D eigenvalue weighted by Gasteiger charge is 2.24. The van der Waals surface area contributed by atoms with E-state index in [1.165, 1.54) is 0 Å². The third-order valence-electron chi connectivity index (χ3n) is 3.22. The van der Waals surface area contributed by atoms with E-state index in [-0.39, 0.29) is 18.6 Å². The second-order valence-corrected chi connectivity index (χ2v) is 4.48. The number of amides is 1. The van der Waals surface area contributed by atoms with Gasteiger partial charge in [0.2, 0.25) is 5.91 Å². The molecule has 18 heavy (non-hydrogen) atoms. The van der Waals surface area contributed by atoms with Gasteiger partial charge in [-0.25, -0.2) is 0 Å². The predicted molar refractivity (Wildman–Crippen MR) is 69.7 cm³/mol. The maximum Gasteiger partial charge on any atom is 0.246 e. The monoisotopic (exact) mass is 246 g/mol. The summed E-state index contributed by atoms with van der Waals surface area (Å²) in [6.45, 7) is 0.786. The van der Waals surface area contributed by atoms with Crippen LogP contribution in [0.25, 0.3) is 6.08 Å². The Labute approximate surface area is 107 Å². The molecule has 1 aromatic heterocycles. The minimum atomic E-state index is -0.0300. The molecule has 0 aliphatic carbocycles. The largest absolute Gasteiger partial charge is 0.394 e. The molecule has 0 bridgehead atoms. The molecule has 1 fully saturated rings. The Morgan fingerprint density at radius 2 is 2.44 bits per heavy atom. The lowest BCUT2D eigenvalue weighted by Crippen LogP contribution is -2.44. The normalized spacial score (nSPS) is 20.3. The molecule has 1 aliphatic heterocycles. The number of rotatable bonds is 3. The van der Waals surface area contributed by atoms with Crippen molar-refractivity contribution < 1.29 is 9.90 Å². The van der Waals surface area contributed by atoms with Crippen LogP contribution in [-0.4, -0.2) is 40.1 Å². The molecular weight excluding hydrogens is 228 g/mol. The highest BCUT2D eigenvalue weighted by molar-refractivity contribution is 5.92. The molecular formula is C14H18N2O2. The first-order valence-corrected chi connectivity index (χ1v) is 6.31. The van der Waals surface area contributed by atoms with Gasteiger partial charge >= 0.3 is 0 Å². The topological polar surface area (TPSA) is 53.4 Å². The van der Waals surface area contributed by atoms with Crippen LogP contribution < -0.4 is 0 Å². The molecule has 4 heteroatoms. The Kier molecular flexibility index (Phi) is 4.47. The molecule has 1 amide bonds. The molecule has 1 saturated heterocycles. The van der Waals surface area contributed by atoms with Gasteiger partial charge in [-0.15, -0.1) is 0 Å². The van der Waals surface area contributed by atoms with Crippen LogP contribution in [0.2, 0.25) is 0 Å². The molecule has 1 unspecified atom stereocenters. The first-order valence-electron chi connectivity index (χ1n) is 6.31. The van der Waals surface area contributed by atoms with Crippen molar-refractivity contribution in [2.75, 3.05) is 13.2 Å². The van der Waals surface area contributed by atoms with Crippen molar-refractivity contribution in [2.45, 2.75) is 25.3 Å². The van der Waals surface area contributed by atoms with Crippen LogP contribution in [0.5, 0.6) is 0 Å². The minimum Gasteiger partial charge on any atom is -0.394 e. The van der Waals surface area contributed by atoms with E-state index in [1.54, 1.807) is 29.4 Å². The van der Waals surface area contributed by atoms with Gasteiger partial charge in [-0.2, -0.15) is 0 Å². The molecule has 0 spiro atoms. The van der Waals surface area contributed by atoms with Crippen LogP contribution in [0.1, 0.15) is 24.8 Å². The maximum absolute atomic E-state index is 12.0. The fraction of sp³-hybridized carbons (Fsp3) is 0.429. The first kappa shape index (κ1) is 12.8. The summed E-state index contributed by atoms with van der Waals surface area (Å²) >= 11 is 0. The van der Waals surface area contributed by atoms with Crippen LogP contribution in [0.15, 0.2) is 30.6 Å². The highest BCUT2D eigenvalue weighted by Crippen LogP contribution is 2.17. The Morgan fingerprint density at radius 1 is 1.56 bits per heavy atom. The van der Waals surface area contributed by atoms with Gasteiger partial charge in [0, 0.05) is 25.0 Å². The average molecular weight is 246 g/mol. The van der Waals surface area contributed by atoms with E-state index in [2.05, 4.69) is 4.98 Å². The van der Waals surface area contributed by atoms with Crippen LogP contribution in [-0.2, 0) is 4.79 Å². The van der Waals surface area contributed by atoms with Crippen molar-refractivity contribution in [2.24, 2.45) is 0 Å². The molecule has 1 N–H and O–H groups in total. The number of likely N-dealkylation sites (tertiary alicyclic amines) is 1. The first-order chi connectivity index (χ1) is 8.81. The summed E-state index contributed by atoms with van der Waals surface area (Å²) in [4.78, 5) is 17.8. The van der Waals surface area contributed by atoms with Gasteiger partial charge in [0.25, 0.3) is 0 Å². The van der Waals surface area contributed by atoms with Crippen molar-refractivity contribution in [1.29, 1.82) is 0 Å². The second kappa shape index (κ2) is 6.31. The summed E-state index contributed by atoms with van der Waals surface area (Å²) in [5, 5.41) is 9.27. The van der Waals surface area contributed by atoms with Crippen molar-refractivity contribution in [3.63, 3.8) is 0 Å². The minimum absolute atomic E-state index is 0.0233. The van der Waals surface area contributed by atoms with Crippen molar-refractivity contribution in [3.8, 4) is 0 Å². The quantitative estimate of drug-likeness (QED) is 0.822. The van der Waals surface area contributed by atoms with Gasteiger partial charge in [0.1, 0.15) is 0 Å². The lowest BCUT2D eigenvalue weighted by atomic mass is 10.0. The Balaban J connectivity index is 2.00. The highest BCUT2D eigenvalue weighted by atomic mass is 16.3. The molecule has 4 nitrogen and oxygen atoms in total. The molecule has 1 aliphatic rings. The van der Waals surface area contributed by atoms with Crippen LogP contribution in [0.4, 0.5) is 0 Å². The van der Waals surface area contributed by atoms with Gasteiger partial charge in [-0.1, -0.05) is 6.07 Å². The van der Waals surface area contributed by atoms with Crippen molar-refractivity contribution in [1.82, 2.24) is 9.88 Å². The molecule has 0 saturated carbocycles. The number of pyridine rings is 1. The number of aromatic nitrogens is 1. The average Bonchev–Trinajstić information content (AvgIpc) is 2.45. The lowest BCUT2D eigenvalue weighted by Gasteiger charge is -2.33. The van der Waals surface area contributed by atoms with Crippen LogP contribution >= 0.6 is 0 Å². The molecule has 96 valence electrons. The number of hydrogen-bond donors (Lipinski definition) is 1. The van der Waals surface area contributed by atoms with Gasteiger partial charge in [-0.3, -0.25) is 9.78 Å². The van der Waals surface area contributed by atoms with Crippen molar-refractivity contribution in [3.05, 3.63) is 36.2 Å². The molecule has 0 radical (unpaired) electrons. The van der Waals surface area contributed by atoms with Gasteiger partial charge < -0.3 is 10.0 Å². The fourth-order valence-corrected chi connectivity index (χ4v) is 2.22. The maximum atomic E-state index is 12.0. The second-order valence-electron chi connectivity index (χ2n) is 4.48. The van der Waals surface area contributed by atoms with E-state index < -0.39 is 0 Å². The molecule has 2 rings (SSSR count). The van der Waals surface area contributed by atoms with E-state index >= 15 is 0 Å². The van der Waals surface area contributed by atoms with Crippen LogP contribution in [0.3, 0.4) is 0 Å². The van der Waals surface area contributed by atoms with Crippen LogP contribution in [0, 0.1) is 0 Å². The zero-order valence-electron chi connectivity index (χ0n) is 10.3. The van der Waals surface area contributed by atoms with Gasteiger partial charge in [-0.05, 0) is 37.0 Å². The number of aliphatic hydroxyl groups excluding tert-OH is 1. The Hall–Kier alpha value is -1.68. The van der Waals surface area contributed by atoms with E-state index in [4.69, 9.17) is 0 Å². The zero-order valence-corrected chi connectivity index (χ0v) is 10.3. The summed E-state index contributed by atoms with van der Waals surface area (Å²) in [6, 6.07) is 3.71. The summed E-state index contributed by atoms with van der Waals surface area (Å²) < 4.78 is 0. The third kappa shape index (κ3) is 3.17. The lowest BCUT2D eigenvalue weighted by molar-refractivity contribution is -0.130. The number of carbonyl (C=O) groups excluding carboxylic acids is 1. The van der Waals surface area contributed by atoms with E-state index in [0.717, 1.165) is 31.4 Å². The third-order valence-corrected chi connectivity index (χ3v) is 3.22. The number of nitrogens with zero attached hydrogens (tertiary/aromatic N) is 2. The summed E-state index contributed by atoms with van der Waals surface area (Å²) in [7, 11) is 0. The number of aliphatic hydroxyl groups is 1. The van der Waals surface area contributed by atoms with E-state index in [9.17, 15) is 9.90 Å². The standard InChI is InChI=1S/C14H18N2O2/c17-11-13-5-1-2-9-16(13)14(18)7-6-12-4-3-8-15-10-12/h3-4,6-8,10,13,17H,1-2,5,9,11H2/b7-6+. The molecule has 2 heterocycles. The smallest absolute Gasteiger partial charge is 0.246 e.